The Morgan fingerprint density at radius 2 is 2.00 bits per heavy atom. The molecule has 0 aromatic heterocycles. The minimum Gasteiger partial charge on any atom is -0.454 e. The van der Waals surface area contributed by atoms with E-state index in [4.69, 9.17) is 14.2 Å². The minimum absolute atomic E-state index is 0. The lowest BCUT2D eigenvalue weighted by Gasteiger charge is -2.35. The predicted molar refractivity (Wildman–Crippen MR) is 120 cm³/mol. The number of guanidine groups is 1. The Bertz CT molecular complexity index is 843. The fourth-order valence-electron chi connectivity index (χ4n) is 3.54. The normalized spacial score (nSPS) is 18.6. The predicted octanol–water partition coefficient (Wildman–Crippen LogP) is 3.49. The number of morpholine rings is 1. The third kappa shape index (κ3) is 4.52. The van der Waals surface area contributed by atoms with E-state index in [2.05, 4.69) is 46.4 Å². The van der Waals surface area contributed by atoms with Gasteiger partial charge in [-0.15, -0.1) is 24.0 Å². The van der Waals surface area contributed by atoms with Crippen molar-refractivity contribution in [2.24, 2.45) is 4.99 Å². The van der Waals surface area contributed by atoms with Crippen molar-refractivity contribution in [3.63, 3.8) is 0 Å². The largest absolute Gasteiger partial charge is 0.454 e. The van der Waals surface area contributed by atoms with E-state index in [1.807, 2.05) is 25.2 Å². The highest BCUT2D eigenvalue weighted by Gasteiger charge is 2.25. The molecule has 2 aromatic rings. The van der Waals surface area contributed by atoms with Crippen molar-refractivity contribution >= 4 is 29.9 Å². The molecule has 0 spiro atoms. The first-order valence-electron chi connectivity index (χ1n) is 9.26. The summed E-state index contributed by atoms with van der Waals surface area (Å²) in [7, 11) is 1.82. The van der Waals surface area contributed by atoms with E-state index >= 15 is 0 Å². The number of fused-ring (bicyclic) bond motifs is 1. The quantitative estimate of drug-likeness (QED) is 0.402. The maximum absolute atomic E-state index is 6.03. The Morgan fingerprint density at radius 1 is 1.18 bits per heavy atom. The molecule has 2 aromatic carbocycles. The fourth-order valence-corrected chi connectivity index (χ4v) is 3.54. The smallest absolute Gasteiger partial charge is 0.231 e. The molecular weight excluding hydrogens is 469 g/mol. The summed E-state index contributed by atoms with van der Waals surface area (Å²) in [5, 5.41) is 3.46. The number of rotatable bonds is 3. The summed E-state index contributed by atoms with van der Waals surface area (Å²) >= 11 is 0. The second-order valence-corrected chi connectivity index (χ2v) is 6.75. The molecule has 6 nitrogen and oxygen atoms in total. The Labute approximate surface area is 182 Å². The van der Waals surface area contributed by atoms with Crippen molar-refractivity contribution in [2.45, 2.75) is 19.6 Å². The molecule has 150 valence electrons. The van der Waals surface area contributed by atoms with Gasteiger partial charge in [0.15, 0.2) is 17.5 Å². The summed E-state index contributed by atoms with van der Waals surface area (Å²) in [5.74, 6) is 2.49. The molecule has 28 heavy (non-hydrogen) atoms. The minimum atomic E-state index is 0. The summed E-state index contributed by atoms with van der Waals surface area (Å²) in [5.41, 5.74) is 3.63. The standard InChI is InChI=1S/C21H25N3O3.HI/c1-15-5-3-4-6-17(15)20-13-24(9-10-25-20)21(22-2)23-12-16-7-8-18-19(11-16)27-14-26-18;/h3-8,11,20H,9-10,12-14H2,1-2H3,(H,22,23);1H. The molecular formula is C21H26IN3O3. The van der Waals surface area contributed by atoms with Crippen LogP contribution < -0.4 is 14.8 Å². The van der Waals surface area contributed by atoms with Crippen LogP contribution >= 0.6 is 24.0 Å². The van der Waals surface area contributed by atoms with Crippen molar-refractivity contribution in [1.29, 1.82) is 0 Å². The molecule has 4 rings (SSSR count). The number of hydrogen-bond acceptors (Lipinski definition) is 4. The molecule has 0 aliphatic carbocycles. The van der Waals surface area contributed by atoms with Crippen LogP contribution in [0.3, 0.4) is 0 Å². The lowest BCUT2D eigenvalue weighted by molar-refractivity contribution is -0.00833. The highest BCUT2D eigenvalue weighted by Crippen LogP contribution is 2.32. The zero-order valence-electron chi connectivity index (χ0n) is 16.2. The van der Waals surface area contributed by atoms with Gasteiger partial charge in [0.1, 0.15) is 6.10 Å². The van der Waals surface area contributed by atoms with E-state index in [1.54, 1.807) is 0 Å². The number of nitrogens with zero attached hydrogens (tertiary/aromatic N) is 2. The Hall–Kier alpha value is -2.00. The number of aryl methyl sites for hydroxylation is 1. The van der Waals surface area contributed by atoms with Gasteiger partial charge in [-0.2, -0.15) is 0 Å². The molecule has 2 heterocycles. The maximum Gasteiger partial charge on any atom is 0.231 e. The molecule has 1 unspecified atom stereocenters. The van der Waals surface area contributed by atoms with E-state index in [9.17, 15) is 0 Å². The lowest BCUT2D eigenvalue weighted by atomic mass is 10.0. The van der Waals surface area contributed by atoms with E-state index in [-0.39, 0.29) is 30.1 Å². The van der Waals surface area contributed by atoms with E-state index < -0.39 is 0 Å². The second-order valence-electron chi connectivity index (χ2n) is 6.75. The van der Waals surface area contributed by atoms with Crippen molar-refractivity contribution < 1.29 is 14.2 Å². The first-order valence-corrected chi connectivity index (χ1v) is 9.26. The van der Waals surface area contributed by atoms with E-state index in [0.717, 1.165) is 36.1 Å². The van der Waals surface area contributed by atoms with Crippen LogP contribution in [0.1, 0.15) is 22.8 Å². The molecule has 0 radical (unpaired) electrons. The van der Waals surface area contributed by atoms with Gasteiger partial charge in [0, 0.05) is 20.1 Å². The highest BCUT2D eigenvalue weighted by atomic mass is 127. The number of hydrogen-bond donors (Lipinski definition) is 1. The van der Waals surface area contributed by atoms with Crippen molar-refractivity contribution in [3.05, 3.63) is 59.2 Å². The molecule has 1 N–H and O–H groups in total. The second kappa shape index (κ2) is 9.47. The number of halogens is 1. The first kappa shape index (κ1) is 20.7. The average molecular weight is 495 g/mol. The van der Waals surface area contributed by atoms with Crippen LogP contribution in [0.15, 0.2) is 47.5 Å². The molecule has 0 amide bonds. The number of aliphatic imine (C=N–C) groups is 1. The SMILES string of the molecule is CN=C(NCc1ccc2c(c1)OCO2)N1CCOC(c2ccccc2C)C1.I. The third-order valence-electron chi connectivity index (χ3n) is 5.00. The first-order chi connectivity index (χ1) is 13.2. The van der Waals surface area contributed by atoms with E-state index in [1.165, 1.54) is 11.1 Å². The maximum atomic E-state index is 6.03. The van der Waals surface area contributed by atoms with Crippen LogP contribution in [-0.4, -0.2) is 44.4 Å². The van der Waals surface area contributed by atoms with Gasteiger partial charge in [0.2, 0.25) is 6.79 Å². The zero-order chi connectivity index (χ0) is 18.6. The molecule has 1 saturated heterocycles. The molecule has 2 aliphatic rings. The van der Waals surface area contributed by atoms with Crippen LogP contribution in [0.25, 0.3) is 0 Å². The number of benzene rings is 2. The molecule has 0 saturated carbocycles. The summed E-state index contributed by atoms with van der Waals surface area (Å²) in [4.78, 5) is 6.73. The van der Waals surface area contributed by atoms with Gasteiger partial charge < -0.3 is 24.4 Å². The summed E-state index contributed by atoms with van der Waals surface area (Å²) in [6, 6.07) is 14.4. The summed E-state index contributed by atoms with van der Waals surface area (Å²) in [6.07, 6.45) is 0.0593. The van der Waals surface area contributed by atoms with Crippen molar-refractivity contribution in [1.82, 2.24) is 10.2 Å². The van der Waals surface area contributed by atoms with Gasteiger partial charge in [-0.1, -0.05) is 30.3 Å². The van der Waals surface area contributed by atoms with Gasteiger partial charge in [0.25, 0.3) is 0 Å². The third-order valence-corrected chi connectivity index (χ3v) is 5.00. The van der Waals surface area contributed by atoms with Crippen LogP contribution in [0, 0.1) is 6.92 Å². The van der Waals surface area contributed by atoms with Gasteiger partial charge in [0.05, 0.1) is 13.2 Å². The van der Waals surface area contributed by atoms with Gasteiger partial charge in [-0.3, -0.25) is 4.99 Å². The Balaban J connectivity index is 0.00000225. The molecule has 7 heteroatoms. The van der Waals surface area contributed by atoms with Crippen LogP contribution in [0.5, 0.6) is 11.5 Å². The summed E-state index contributed by atoms with van der Waals surface area (Å²) in [6.45, 7) is 5.39. The Kier molecular flexibility index (Phi) is 7.01. The van der Waals surface area contributed by atoms with E-state index in [0.29, 0.717) is 19.9 Å². The zero-order valence-corrected chi connectivity index (χ0v) is 18.5. The topological polar surface area (TPSA) is 55.3 Å². The van der Waals surface area contributed by atoms with Crippen LogP contribution in [0.4, 0.5) is 0 Å². The van der Waals surface area contributed by atoms with Crippen molar-refractivity contribution in [3.8, 4) is 11.5 Å². The lowest BCUT2D eigenvalue weighted by Crippen LogP contribution is -2.48. The highest BCUT2D eigenvalue weighted by molar-refractivity contribution is 14.0. The monoisotopic (exact) mass is 495 g/mol. The summed E-state index contributed by atoms with van der Waals surface area (Å²) < 4.78 is 16.9. The fraction of sp³-hybridized carbons (Fsp3) is 0.381. The van der Waals surface area contributed by atoms with Gasteiger partial charge in [-0.25, -0.2) is 0 Å². The molecule has 0 bridgehead atoms. The average Bonchev–Trinajstić information content (AvgIpc) is 3.17. The van der Waals surface area contributed by atoms with Gasteiger partial charge >= 0.3 is 0 Å². The van der Waals surface area contributed by atoms with Crippen LogP contribution in [-0.2, 0) is 11.3 Å². The van der Waals surface area contributed by atoms with Crippen molar-refractivity contribution in [2.75, 3.05) is 33.5 Å². The molecule has 2 aliphatic heterocycles. The number of nitrogens with one attached hydrogen (secondary N) is 1. The molecule has 1 atom stereocenters. The number of ether oxygens (including phenoxy) is 3. The molecule has 1 fully saturated rings. The van der Waals surface area contributed by atoms with Gasteiger partial charge in [-0.05, 0) is 35.7 Å². The Morgan fingerprint density at radius 3 is 2.82 bits per heavy atom. The van der Waals surface area contributed by atoms with Crippen LogP contribution in [0.2, 0.25) is 0 Å².